The fraction of sp³-hybridized carbons (Fsp3) is 0.200. The number of nitrogens with one attached hydrogen (secondary N) is 2. The summed E-state index contributed by atoms with van der Waals surface area (Å²) in [6.07, 6.45) is 0. The lowest BCUT2D eigenvalue weighted by Crippen LogP contribution is -2.25. The van der Waals surface area contributed by atoms with Crippen LogP contribution in [-0.2, 0) is 26.2 Å². The van der Waals surface area contributed by atoms with Crippen molar-refractivity contribution >= 4 is 66.6 Å². The Kier molecular flexibility index (Phi) is 7.65. The maximum Gasteiger partial charge on any atom is 0.247 e. The standard InChI is InChI=1S/C15H16BrN3O4S3/c16-10-2-1-3-11(6-10)19-14(21)9-24-8-13(20)18-7-12-4-5-15(25-12)26(17,22)23/h1-6H,7-9H2,(H,18,20)(H,19,21)(H2,17,22,23). The molecule has 0 aliphatic carbocycles. The molecule has 0 saturated heterocycles. The van der Waals surface area contributed by atoms with Crippen molar-refractivity contribution in [1.29, 1.82) is 0 Å². The van der Waals surface area contributed by atoms with Gasteiger partial charge in [0.25, 0.3) is 0 Å². The second-order valence-corrected chi connectivity index (χ2v) is 9.95. The molecule has 0 spiro atoms. The molecule has 26 heavy (non-hydrogen) atoms. The van der Waals surface area contributed by atoms with Crippen LogP contribution in [0.1, 0.15) is 4.88 Å². The van der Waals surface area contributed by atoms with Crippen molar-refractivity contribution in [1.82, 2.24) is 5.32 Å². The Morgan fingerprint density at radius 2 is 1.88 bits per heavy atom. The SMILES string of the molecule is NS(=O)(=O)c1ccc(CNC(=O)CSCC(=O)Nc2cccc(Br)c2)s1. The molecule has 0 aliphatic rings. The molecule has 1 aromatic carbocycles. The number of sulfonamides is 1. The molecule has 11 heteroatoms. The Morgan fingerprint density at radius 3 is 2.54 bits per heavy atom. The highest BCUT2D eigenvalue weighted by molar-refractivity contribution is 9.10. The first kappa shape index (κ1) is 20.9. The molecule has 1 aromatic heterocycles. The zero-order chi connectivity index (χ0) is 19.2. The van der Waals surface area contributed by atoms with Gasteiger partial charge >= 0.3 is 0 Å². The Morgan fingerprint density at radius 1 is 1.15 bits per heavy atom. The summed E-state index contributed by atoms with van der Waals surface area (Å²) in [5.41, 5.74) is 0.679. The van der Waals surface area contributed by atoms with E-state index in [0.29, 0.717) is 10.6 Å². The third-order valence-electron chi connectivity index (χ3n) is 2.95. The van der Waals surface area contributed by atoms with E-state index in [4.69, 9.17) is 5.14 Å². The molecule has 4 N–H and O–H groups in total. The van der Waals surface area contributed by atoms with E-state index < -0.39 is 10.0 Å². The van der Waals surface area contributed by atoms with E-state index >= 15 is 0 Å². The lowest BCUT2D eigenvalue weighted by molar-refractivity contribution is -0.118. The van der Waals surface area contributed by atoms with Gasteiger partial charge in [0.15, 0.2) is 0 Å². The van der Waals surface area contributed by atoms with E-state index in [1.54, 1.807) is 18.2 Å². The predicted molar refractivity (Wildman–Crippen MR) is 108 cm³/mol. The quantitative estimate of drug-likeness (QED) is 0.537. The molecular formula is C15H16BrN3O4S3. The zero-order valence-electron chi connectivity index (χ0n) is 13.4. The molecule has 0 fully saturated rings. The largest absolute Gasteiger partial charge is 0.350 e. The number of amides is 2. The van der Waals surface area contributed by atoms with Gasteiger partial charge in [0.2, 0.25) is 21.8 Å². The number of carbonyl (C=O) groups is 2. The normalized spacial score (nSPS) is 11.2. The minimum atomic E-state index is -3.72. The van der Waals surface area contributed by atoms with Gasteiger partial charge in [-0.3, -0.25) is 9.59 Å². The van der Waals surface area contributed by atoms with Crippen LogP contribution in [0.4, 0.5) is 5.69 Å². The smallest absolute Gasteiger partial charge is 0.247 e. The topological polar surface area (TPSA) is 118 Å². The van der Waals surface area contributed by atoms with Gasteiger partial charge in [-0.2, -0.15) is 0 Å². The maximum absolute atomic E-state index is 11.8. The van der Waals surface area contributed by atoms with E-state index in [1.165, 1.54) is 17.8 Å². The molecule has 7 nitrogen and oxygen atoms in total. The first-order chi connectivity index (χ1) is 12.2. The van der Waals surface area contributed by atoms with Crippen molar-refractivity contribution in [3.63, 3.8) is 0 Å². The highest BCUT2D eigenvalue weighted by atomic mass is 79.9. The lowest BCUT2D eigenvalue weighted by Gasteiger charge is -2.06. The summed E-state index contributed by atoms with van der Waals surface area (Å²) in [5, 5.41) is 10.4. The molecule has 2 amide bonds. The fourth-order valence-corrected chi connectivity index (χ4v) is 4.61. The van der Waals surface area contributed by atoms with E-state index in [-0.39, 0.29) is 34.1 Å². The Hall–Kier alpha value is -1.40. The number of carbonyl (C=O) groups excluding carboxylic acids is 2. The van der Waals surface area contributed by atoms with Crippen LogP contribution < -0.4 is 15.8 Å². The number of anilines is 1. The van der Waals surface area contributed by atoms with E-state index in [2.05, 4.69) is 26.6 Å². The zero-order valence-corrected chi connectivity index (χ0v) is 17.4. The second-order valence-electron chi connectivity index (χ2n) is 5.09. The lowest BCUT2D eigenvalue weighted by atomic mass is 10.3. The highest BCUT2D eigenvalue weighted by Gasteiger charge is 2.12. The number of halogens is 1. The monoisotopic (exact) mass is 477 g/mol. The number of primary sulfonamides is 1. The first-order valence-corrected chi connectivity index (χ1v) is 11.6. The minimum Gasteiger partial charge on any atom is -0.350 e. The number of thiophene rings is 1. The molecular weight excluding hydrogens is 462 g/mol. The van der Waals surface area contributed by atoms with Gasteiger partial charge in [-0.05, 0) is 30.3 Å². The summed E-state index contributed by atoms with van der Waals surface area (Å²) in [6, 6.07) is 10.2. The Labute approximate surface area is 167 Å². The summed E-state index contributed by atoms with van der Waals surface area (Å²) in [4.78, 5) is 24.3. The number of hydrogen-bond acceptors (Lipinski definition) is 6. The summed E-state index contributed by atoms with van der Waals surface area (Å²) >= 11 is 5.52. The molecule has 2 rings (SSSR count). The van der Waals surface area contributed by atoms with Crippen LogP contribution in [0.2, 0.25) is 0 Å². The fourth-order valence-electron chi connectivity index (χ4n) is 1.84. The second kappa shape index (κ2) is 9.51. The molecule has 1 heterocycles. The van der Waals surface area contributed by atoms with Crippen LogP contribution in [0.25, 0.3) is 0 Å². The third-order valence-corrected chi connectivity index (χ3v) is 6.90. The van der Waals surface area contributed by atoms with Crippen LogP contribution in [0.5, 0.6) is 0 Å². The number of nitrogens with two attached hydrogens (primary N) is 1. The van der Waals surface area contributed by atoms with E-state index in [9.17, 15) is 18.0 Å². The van der Waals surface area contributed by atoms with Crippen LogP contribution >= 0.6 is 39.0 Å². The molecule has 0 bridgehead atoms. The molecule has 140 valence electrons. The number of hydrogen-bond donors (Lipinski definition) is 3. The molecule has 0 unspecified atom stereocenters. The van der Waals surface area contributed by atoms with Gasteiger partial charge in [-0.25, -0.2) is 13.6 Å². The van der Waals surface area contributed by atoms with Crippen LogP contribution in [-0.4, -0.2) is 31.7 Å². The average Bonchev–Trinajstić information content (AvgIpc) is 3.02. The van der Waals surface area contributed by atoms with Gasteiger partial charge in [0, 0.05) is 15.0 Å². The summed E-state index contributed by atoms with van der Waals surface area (Å²) in [7, 11) is -3.72. The van der Waals surface area contributed by atoms with Crippen molar-refractivity contribution < 1.29 is 18.0 Å². The van der Waals surface area contributed by atoms with Crippen molar-refractivity contribution in [2.75, 3.05) is 16.8 Å². The van der Waals surface area contributed by atoms with Crippen molar-refractivity contribution in [2.45, 2.75) is 10.8 Å². The van der Waals surface area contributed by atoms with Crippen LogP contribution in [0.15, 0.2) is 45.1 Å². The van der Waals surface area contributed by atoms with E-state index in [1.807, 2.05) is 12.1 Å². The van der Waals surface area contributed by atoms with Crippen molar-refractivity contribution in [3.8, 4) is 0 Å². The molecule has 0 atom stereocenters. The average molecular weight is 478 g/mol. The van der Waals surface area contributed by atoms with Crippen LogP contribution in [0, 0.1) is 0 Å². The Bertz CT molecular complexity index is 899. The van der Waals surface area contributed by atoms with Crippen molar-refractivity contribution in [2.24, 2.45) is 5.14 Å². The van der Waals surface area contributed by atoms with Gasteiger partial charge in [0.1, 0.15) is 4.21 Å². The third kappa shape index (κ3) is 7.08. The number of thioether (sulfide) groups is 1. The predicted octanol–water partition coefficient (Wildman–Crippen LogP) is 2.15. The summed E-state index contributed by atoms with van der Waals surface area (Å²) in [5.74, 6) is -0.166. The minimum absolute atomic E-state index is 0.0559. The molecule has 0 radical (unpaired) electrons. The van der Waals surface area contributed by atoms with Gasteiger partial charge in [-0.15, -0.1) is 23.1 Å². The maximum atomic E-state index is 11.8. The summed E-state index contributed by atoms with van der Waals surface area (Å²) < 4.78 is 23.3. The van der Waals surface area contributed by atoms with Gasteiger partial charge in [0.05, 0.1) is 18.1 Å². The van der Waals surface area contributed by atoms with E-state index in [0.717, 1.165) is 15.8 Å². The number of rotatable bonds is 8. The molecule has 2 aromatic rings. The van der Waals surface area contributed by atoms with Crippen molar-refractivity contribution in [3.05, 3.63) is 45.7 Å². The molecule has 0 aliphatic heterocycles. The van der Waals surface area contributed by atoms with Crippen LogP contribution in [0.3, 0.4) is 0 Å². The first-order valence-electron chi connectivity index (χ1n) is 7.25. The van der Waals surface area contributed by atoms with Gasteiger partial charge in [-0.1, -0.05) is 22.0 Å². The Balaban J connectivity index is 1.68. The van der Waals surface area contributed by atoms with Gasteiger partial charge < -0.3 is 10.6 Å². The highest BCUT2D eigenvalue weighted by Crippen LogP contribution is 2.20. The number of benzene rings is 1. The summed E-state index contributed by atoms with van der Waals surface area (Å²) in [6.45, 7) is 0.212. The molecule has 0 saturated carbocycles.